The van der Waals surface area contributed by atoms with Gasteiger partial charge in [-0.2, -0.15) is 4.98 Å². The van der Waals surface area contributed by atoms with Crippen molar-refractivity contribution in [1.29, 1.82) is 0 Å². The van der Waals surface area contributed by atoms with Gasteiger partial charge in [-0.05, 0) is 88.2 Å². The van der Waals surface area contributed by atoms with Gasteiger partial charge in [0.2, 0.25) is 21.8 Å². The average Bonchev–Trinajstić information content (AvgIpc) is 3.99. The van der Waals surface area contributed by atoms with Gasteiger partial charge in [0.15, 0.2) is 0 Å². The number of methoxy groups -OCH3 is 1. The van der Waals surface area contributed by atoms with E-state index in [9.17, 15) is 32.4 Å². The molecule has 2 aromatic rings. The van der Waals surface area contributed by atoms with Crippen molar-refractivity contribution in [3.8, 4) is 11.8 Å². The molecule has 15 nitrogen and oxygen atoms in total. The Labute approximate surface area is 338 Å². The molecular weight excluding hydrogens is 767 g/mol. The van der Waals surface area contributed by atoms with Gasteiger partial charge in [0, 0.05) is 18.9 Å². The topological polar surface area (TPSA) is 192 Å². The maximum atomic E-state index is 15.0. The van der Waals surface area contributed by atoms with Crippen molar-refractivity contribution in [3.05, 3.63) is 41.2 Å². The predicted molar refractivity (Wildman–Crippen MR) is 212 cm³/mol. The summed E-state index contributed by atoms with van der Waals surface area (Å²) in [4.78, 5) is 77.3. The van der Waals surface area contributed by atoms with Gasteiger partial charge >= 0.3 is 5.97 Å². The molecule has 314 valence electrons. The van der Waals surface area contributed by atoms with Crippen LogP contribution >= 0.6 is 0 Å². The molecule has 1 saturated heterocycles. The van der Waals surface area contributed by atoms with E-state index in [1.165, 1.54) is 22.7 Å². The summed E-state index contributed by atoms with van der Waals surface area (Å²) in [6.45, 7) is 4.08. The molecule has 3 amide bonds. The monoisotopic (exact) mass is 821 g/mol. The zero-order valence-corrected chi connectivity index (χ0v) is 34.0. The van der Waals surface area contributed by atoms with Gasteiger partial charge in [-0.3, -0.25) is 33.3 Å². The van der Waals surface area contributed by atoms with Crippen molar-refractivity contribution in [2.24, 2.45) is 23.7 Å². The van der Waals surface area contributed by atoms with E-state index in [0.717, 1.165) is 64.2 Å². The van der Waals surface area contributed by atoms with Crippen LogP contribution in [0.3, 0.4) is 0 Å². The van der Waals surface area contributed by atoms with E-state index in [0.29, 0.717) is 42.5 Å². The lowest BCUT2D eigenvalue weighted by Crippen LogP contribution is -2.57. The van der Waals surface area contributed by atoms with Crippen LogP contribution in [-0.4, -0.2) is 89.3 Å². The molecule has 8 rings (SSSR count). The van der Waals surface area contributed by atoms with Crippen LogP contribution in [0.25, 0.3) is 10.9 Å². The number of ether oxygens (including phenoxy) is 3. The number of benzene rings is 1. The largest absolute Gasteiger partial charge is 0.494 e. The summed E-state index contributed by atoms with van der Waals surface area (Å²) < 4.78 is 47.6. The number of carbonyl (C=O) groups is 4. The highest BCUT2D eigenvalue weighted by Crippen LogP contribution is 2.46. The van der Waals surface area contributed by atoms with Crippen LogP contribution in [0.5, 0.6) is 11.8 Å². The molecule has 1 aromatic heterocycles. The first-order valence-electron chi connectivity index (χ1n) is 21.2. The van der Waals surface area contributed by atoms with E-state index >= 15 is 0 Å². The fourth-order valence-corrected chi connectivity index (χ4v) is 11.3. The van der Waals surface area contributed by atoms with Gasteiger partial charge in [0.05, 0.1) is 36.6 Å². The maximum Gasteiger partial charge on any atom is 0.306 e. The Bertz CT molecular complexity index is 2130. The number of hydrogen-bond acceptors (Lipinski definition) is 11. The van der Waals surface area contributed by atoms with Crippen molar-refractivity contribution >= 4 is 44.6 Å². The molecule has 7 atom stereocenters. The standard InChI is InChI=1S/C42H55N5O10S/c1-3-27-23-42(27,40(52)45-58(53,54)29-18-19-29)44-37(49)32-21-28-24-47(32)39(51)31(25-11-6-7-12-25)22-35(48)57-33-16-9-14-26(33)13-5-4-8-20-46-38(50)30-15-10-17-34(55-2)36(30)43-41(46)56-28/h3,10,15,17,25-29,31-33H,1,4-9,11-14,16,18-24H2,2H3,(H,44,49)(H,45,52)/t26-,27-,28-,31+,32+,33-,42-/m1/s1. The number of carbonyl (C=O) groups excluding carboxylic acids is 4. The molecule has 1 aromatic carbocycles. The van der Waals surface area contributed by atoms with E-state index in [1.807, 2.05) is 0 Å². The second-order valence-corrected chi connectivity index (χ2v) is 19.3. The number of aromatic nitrogens is 2. The molecule has 5 fully saturated rings. The molecule has 0 unspecified atom stereocenters. The van der Waals surface area contributed by atoms with Crippen LogP contribution in [0.15, 0.2) is 35.6 Å². The Morgan fingerprint density at radius 1 is 0.966 bits per heavy atom. The number of fused-ring (bicyclic) bond motifs is 5. The first-order valence-corrected chi connectivity index (χ1v) is 22.7. The van der Waals surface area contributed by atoms with Crippen LogP contribution in [0, 0.1) is 23.7 Å². The Kier molecular flexibility index (Phi) is 11.3. The summed E-state index contributed by atoms with van der Waals surface area (Å²) in [5.74, 6) is -3.03. The van der Waals surface area contributed by atoms with Gasteiger partial charge in [-0.15, -0.1) is 6.58 Å². The summed E-state index contributed by atoms with van der Waals surface area (Å²) in [7, 11) is -2.42. The smallest absolute Gasteiger partial charge is 0.306 e. The number of hydrogen-bond donors (Lipinski definition) is 2. The van der Waals surface area contributed by atoms with Crippen molar-refractivity contribution in [1.82, 2.24) is 24.5 Å². The van der Waals surface area contributed by atoms with Crippen LogP contribution in [0.1, 0.15) is 103 Å². The quantitative estimate of drug-likeness (QED) is 0.290. The Morgan fingerprint density at radius 3 is 2.43 bits per heavy atom. The molecule has 4 saturated carbocycles. The van der Waals surface area contributed by atoms with Crippen LogP contribution in [-0.2, 0) is 40.5 Å². The Balaban J connectivity index is 1.15. The van der Waals surface area contributed by atoms with Crippen LogP contribution < -0.4 is 25.1 Å². The number of para-hydroxylation sites is 1. The lowest BCUT2D eigenvalue weighted by atomic mass is 9.86. The van der Waals surface area contributed by atoms with Crippen molar-refractivity contribution in [3.63, 3.8) is 0 Å². The van der Waals surface area contributed by atoms with Gasteiger partial charge < -0.3 is 24.4 Å². The molecule has 4 aliphatic carbocycles. The summed E-state index contributed by atoms with van der Waals surface area (Å²) in [5, 5.41) is 2.57. The second kappa shape index (κ2) is 16.3. The van der Waals surface area contributed by atoms with Gasteiger partial charge in [-0.1, -0.05) is 37.8 Å². The number of rotatable bonds is 8. The second-order valence-electron chi connectivity index (χ2n) is 17.3. The minimum absolute atomic E-state index is 0.0141. The lowest BCUT2D eigenvalue weighted by molar-refractivity contribution is -0.156. The highest BCUT2D eigenvalue weighted by atomic mass is 32.2. The van der Waals surface area contributed by atoms with Crippen LogP contribution in [0.4, 0.5) is 0 Å². The fraction of sp³-hybridized carbons (Fsp3) is 0.667. The van der Waals surface area contributed by atoms with Crippen molar-refractivity contribution in [2.75, 3.05) is 13.7 Å². The molecule has 6 aliphatic rings. The maximum absolute atomic E-state index is 15.0. The molecule has 0 spiro atoms. The molecule has 3 heterocycles. The zero-order chi connectivity index (χ0) is 40.8. The van der Waals surface area contributed by atoms with E-state index in [-0.39, 0.29) is 61.2 Å². The number of esters is 1. The van der Waals surface area contributed by atoms with Gasteiger partial charge in [-0.25, -0.2) is 8.42 Å². The van der Waals surface area contributed by atoms with Crippen molar-refractivity contribution in [2.45, 2.75) is 138 Å². The third kappa shape index (κ3) is 7.96. The molecule has 58 heavy (non-hydrogen) atoms. The first-order chi connectivity index (χ1) is 27.9. The lowest BCUT2D eigenvalue weighted by Gasteiger charge is -2.32. The molecule has 0 radical (unpaired) electrons. The fourth-order valence-electron chi connectivity index (χ4n) is 9.96. The SMILES string of the molecule is C=C[C@@H]1C[C@]1(NC(=O)[C@@H]1C[C@@H]2CN1C(=O)[C@H](C1CCCC1)CC(=O)O[C@@H]1CCC[C@H]1CCCCCn1c(nc3c(OC)cccc3c1=O)O2)C(=O)NS(=O)(=O)C1CC1. The van der Waals surface area contributed by atoms with Gasteiger partial charge in [0.25, 0.3) is 17.5 Å². The number of sulfonamides is 1. The average molecular weight is 822 g/mol. The summed E-state index contributed by atoms with van der Waals surface area (Å²) in [6, 6.07) is 4.04. The molecule has 2 bridgehead atoms. The molecule has 2 aliphatic heterocycles. The first kappa shape index (κ1) is 40.3. The van der Waals surface area contributed by atoms with E-state index < -0.39 is 62.6 Å². The summed E-state index contributed by atoms with van der Waals surface area (Å²) in [6.07, 6.45) is 10.7. The van der Waals surface area contributed by atoms with E-state index in [4.69, 9.17) is 19.2 Å². The van der Waals surface area contributed by atoms with Gasteiger partial charge in [0.1, 0.15) is 35.1 Å². The predicted octanol–water partition coefficient (Wildman–Crippen LogP) is 3.91. The Morgan fingerprint density at radius 2 is 1.71 bits per heavy atom. The Hall–Kier alpha value is -4.47. The number of nitrogens with one attached hydrogen (secondary N) is 2. The van der Waals surface area contributed by atoms with E-state index in [2.05, 4.69) is 16.6 Å². The van der Waals surface area contributed by atoms with Crippen molar-refractivity contribution < 1.29 is 41.8 Å². The normalized spacial score (nSPS) is 30.9. The highest BCUT2D eigenvalue weighted by Gasteiger charge is 2.62. The molecule has 2 N–H and O–H groups in total. The van der Waals surface area contributed by atoms with E-state index in [1.54, 1.807) is 18.2 Å². The number of nitrogens with zero attached hydrogens (tertiary/aromatic N) is 3. The minimum Gasteiger partial charge on any atom is -0.494 e. The number of amides is 3. The minimum atomic E-state index is -3.92. The summed E-state index contributed by atoms with van der Waals surface area (Å²) in [5.41, 5.74) is -1.53. The zero-order valence-electron chi connectivity index (χ0n) is 33.2. The van der Waals surface area contributed by atoms with Crippen LogP contribution in [0.2, 0.25) is 0 Å². The third-order valence-corrected chi connectivity index (χ3v) is 15.3. The third-order valence-electron chi connectivity index (χ3n) is 13.5. The molecule has 16 heteroatoms. The summed E-state index contributed by atoms with van der Waals surface area (Å²) >= 11 is 0. The highest BCUT2D eigenvalue weighted by molar-refractivity contribution is 7.91. The molecular formula is C42H55N5O10S.